The van der Waals surface area contributed by atoms with Crippen LogP contribution in [0.25, 0.3) is 22.2 Å². The van der Waals surface area contributed by atoms with Gasteiger partial charge in [0.1, 0.15) is 29.2 Å². The molecule has 4 N–H and O–H groups in total. The fourth-order valence-electron chi connectivity index (χ4n) is 5.90. The average Bonchev–Trinajstić information content (AvgIpc) is 3.64. The van der Waals surface area contributed by atoms with Crippen molar-refractivity contribution in [1.82, 2.24) is 26.1 Å². The van der Waals surface area contributed by atoms with Crippen LogP contribution in [0, 0.1) is 5.92 Å². The quantitative estimate of drug-likeness (QED) is 0.144. The molecule has 3 aromatic carbocycles. The number of hydrazine groups is 1. The maximum Gasteiger partial charge on any atom is 0.332 e. The number of aromatic nitrogens is 1. The molecule has 0 radical (unpaired) electrons. The van der Waals surface area contributed by atoms with Gasteiger partial charge in [-0.15, -0.1) is 6.58 Å². The summed E-state index contributed by atoms with van der Waals surface area (Å²) in [5.74, 6) is -0.913. The highest BCUT2D eigenvalue weighted by Gasteiger charge is 2.61. The van der Waals surface area contributed by atoms with Crippen LogP contribution in [0.2, 0.25) is 0 Å². The molecule has 46 heavy (non-hydrogen) atoms. The zero-order valence-corrected chi connectivity index (χ0v) is 25.3. The van der Waals surface area contributed by atoms with Crippen molar-refractivity contribution in [3.05, 3.63) is 103 Å². The van der Waals surface area contributed by atoms with Crippen molar-refractivity contribution in [3.63, 3.8) is 0 Å². The lowest BCUT2D eigenvalue weighted by atomic mass is 10.1. The van der Waals surface area contributed by atoms with Crippen LogP contribution in [0.15, 0.2) is 97.6 Å². The van der Waals surface area contributed by atoms with E-state index in [0.717, 1.165) is 16.5 Å². The van der Waals surface area contributed by atoms with Crippen molar-refractivity contribution >= 4 is 28.8 Å². The minimum absolute atomic E-state index is 0.0858. The van der Waals surface area contributed by atoms with Gasteiger partial charge in [-0.3, -0.25) is 10.2 Å². The summed E-state index contributed by atoms with van der Waals surface area (Å²) in [6, 6.07) is 25.1. The summed E-state index contributed by atoms with van der Waals surface area (Å²) in [4.78, 5) is 45.5. The number of aliphatic carboxylic acids is 1. The Morgan fingerprint density at radius 2 is 1.80 bits per heavy atom. The normalized spacial score (nSPS) is 21.8. The van der Waals surface area contributed by atoms with Crippen molar-refractivity contribution < 1.29 is 29.0 Å². The smallest absolute Gasteiger partial charge is 0.332 e. The second-order valence-corrected chi connectivity index (χ2v) is 11.5. The highest BCUT2D eigenvalue weighted by atomic mass is 16.5. The molecule has 1 aliphatic heterocycles. The maximum absolute atomic E-state index is 13.7. The number of amides is 3. The molecule has 11 heteroatoms. The Balaban J connectivity index is 1.27. The third-order valence-corrected chi connectivity index (χ3v) is 8.53. The molecule has 2 heterocycles. The highest BCUT2D eigenvalue weighted by molar-refractivity contribution is 5.95. The van der Waals surface area contributed by atoms with Crippen molar-refractivity contribution in [2.24, 2.45) is 5.92 Å². The Bertz CT molecular complexity index is 1770. The summed E-state index contributed by atoms with van der Waals surface area (Å²) >= 11 is 0. The predicted octanol–water partition coefficient (Wildman–Crippen LogP) is 4.29. The Labute approximate surface area is 266 Å². The van der Waals surface area contributed by atoms with Crippen LogP contribution < -0.4 is 25.6 Å². The molecule has 0 spiro atoms. The molecule has 2 fully saturated rings. The van der Waals surface area contributed by atoms with E-state index in [-0.39, 0.29) is 19.4 Å². The number of likely N-dealkylation sites (tertiary alicyclic amines) is 1. The van der Waals surface area contributed by atoms with Gasteiger partial charge < -0.3 is 24.8 Å². The number of carboxylic acids is 1. The number of fused-ring (bicyclic) bond motifs is 1. The molecule has 6 rings (SSSR count). The number of hydrogen-bond acceptors (Lipinski definition) is 7. The average molecular weight is 622 g/mol. The molecule has 4 aromatic rings. The molecule has 2 aliphatic rings. The molecule has 1 saturated heterocycles. The molecule has 1 saturated carbocycles. The fourth-order valence-corrected chi connectivity index (χ4v) is 5.90. The van der Waals surface area contributed by atoms with Crippen molar-refractivity contribution in [3.8, 4) is 22.8 Å². The summed E-state index contributed by atoms with van der Waals surface area (Å²) in [5, 5.41) is 13.3. The number of hydrogen-bond donors (Lipinski definition) is 4. The number of ether oxygens (including phenoxy) is 2. The van der Waals surface area contributed by atoms with Crippen LogP contribution in [0.3, 0.4) is 0 Å². The van der Waals surface area contributed by atoms with Gasteiger partial charge in [0, 0.05) is 42.0 Å². The third kappa shape index (κ3) is 6.22. The fraction of sp³-hybridized carbons (Fsp3) is 0.257. The van der Waals surface area contributed by atoms with Gasteiger partial charge >= 0.3 is 12.0 Å². The second kappa shape index (κ2) is 12.9. The molecule has 11 nitrogen and oxygen atoms in total. The van der Waals surface area contributed by atoms with Gasteiger partial charge in [-0.05, 0) is 24.1 Å². The number of nitrogens with zero attached hydrogens (tertiary/aromatic N) is 2. The third-order valence-electron chi connectivity index (χ3n) is 8.53. The van der Waals surface area contributed by atoms with Crippen LogP contribution in [-0.4, -0.2) is 64.2 Å². The zero-order chi connectivity index (χ0) is 32.3. The molecule has 236 valence electrons. The molecule has 1 aliphatic carbocycles. The summed E-state index contributed by atoms with van der Waals surface area (Å²) < 4.78 is 12.0. The first kappa shape index (κ1) is 30.6. The topological polar surface area (TPSA) is 142 Å². The Morgan fingerprint density at radius 1 is 1.07 bits per heavy atom. The van der Waals surface area contributed by atoms with Gasteiger partial charge in [-0.2, -0.15) is 0 Å². The minimum Gasteiger partial charge on any atom is -0.497 e. The summed E-state index contributed by atoms with van der Waals surface area (Å²) in [5.41, 5.74) is 7.37. The van der Waals surface area contributed by atoms with Crippen LogP contribution >= 0.6 is 0 Å². The molecule has 3 amide bonds. The lowest BCUT2D eigenvalue weighted by Crippen LogP contribution is -2.55. The SMILES string of the molecule is C=C[C@@H]1C[C@]1(NC(=O)[C@@H]1C[C@@H](Oc2cc(-c3ccccc3)nc3cc(OC)ccc23)CN1C(=O)NNCc1ccccc1)C(=O)O. The molecule has 0 unspecified atom stereocenters. The van der Waals surface area contributed by atoms with Gasteiger partial charge in [0.25, 0.3) is 0 Å². The molecule has 1 aromatic heterocycles. The Hall–Kier alpha value is -5.42. The maximum atomic E-state index is 13.7. The zero-order valence-electron chi connectivity index (χ0n) is 25.3. The van der Waals surface area contributed by atoms with E-state index in [1.54, 1.807) is 7.11 Å². The largest absolute Gasteiger partial charge is 0.497 e. The van der Waals surface area contributed by atoms with Crippen molar-refractivity contribution in [1.29, 1.82) is 0 Å². The van der Waals surface area contributed by atoms with E-state index < -0.39 is 41.5 Å². The number of rotatable bonds is 11. The first-order valence-electron chi connectivity index (χ1n) is 15.0. The van der Waals surface area contributed by atoms with Crippen molar-refractivity contribution in [2.45, 2.75) is 37.1 Å². The minimum atomic E-state index is -1.43. The summed E-state index contributed by atoms with van der Waals surface area (Å²) in [7, 11) is 1.59. The van der Waals surface area contributed by atoms with E-state index >= 15 is 0 Å². The number of carboxylic acid groups (broad SMARTS) is 1. The van der Waals surface area contributed by atoms with Crippen molar-refractivity contribution in [2.75, 3.05) is 13.7 Å². The number of methoxy groups -OCH3 is 1. The highest BCUT2D eigenvalue weighted by Crippen LogP contribution is 2.45. The number of carbonyl (C=O) groups is 3. The van der Waals surface area contributed by atoms with E-state index in [2.05, 4.69) is 22.7 Å². The van der Waals surface area contributed by atoms with Gasteiger partial charge in [0.15, 0.2) is 0 Å². The monoisotopic (exact) mass is 621 g/mol. The molecular weight excluding hydrogens is 586 g/mol. The summed E-state index contributed by atoms with van der Waals surface area (Å²) in [6.45, 7) is 4.16. The van der Waals surface area contributed by atoms with Gasteiger partial charge in [0.05, 0.1) is 24.9 Å². The number of benzene rings is 3. The van der Waals surface area contributed by atoms with Crippen LogP contribution in [-0.2, 0) is 16.1 Å². The lowest BCUT2D eigenvalue weighted by Gasteiger charge is -2.25. The summed E-state index contributed by atoms with van der Waals surface area (Å²) in [6.07, 6.45) is 1.33. The number of urea groups is 1. The first-order valence-corrected chi connectivity index (χ1v) is 15.0. The van der Waals surface area contributed by atoms with E-state index in [1.165, 1.54) is 11.0 Å². The molecule has 4 atom stereocenters. The van der Waals surface area contributed by atoms with E-state index in [9.17, 15) is 19.5 Å². The van der Waals surface area contributed by atoms with E-state index in [0.29, 0.717) is 29.3 Å². The standard InChI is InChI=1S/C35H35N5O6/c1-3-24-19-35(24,33(42)43)38-32(41)30-17-26(21-40(30)34(44)39-36-20-22-10-6-4-7-11-22)46-31-18-28(23-12-8-5-9-13-23)37-29-16-25(45-2)14-15-27(29)31/h3-16,18,24,26,30,36H,1,17,19-21H2,2H3,(H,38,41)(H,39,44)(H,42,43)/t24-,26-,30+,35-/m1/s1. The van der Waals surface area contributed by atoms with Gasteiger partial charge in [0.2, 0.25) is 5.91 Å². The number of nitrogens with one attached hydrogen (secondary N) is 3. The van der Waals surface area contributed by atoms with Gasteiger partial charge in [-0.25, -0.2) is 20.0 Å². The predicted molar refractivity (Wildman–Crippen MR) is 172 cm³/mol. The van der Waals surface area contributed by atoms with Crippen LogP contribution in [0.5, 0.6) is 11.5 Å². The van der Waals surface area contributed by atoms with Crippen LogP contribution in [0.4, 0.5) is 4.79 Å². The number of pyridine rings is 1. The molecular formula is C35H35N5O6. The van der Waals surface area contributed by atoms with Gasteiger partial charge in [-0.1, -0.05) is 66.7 Å². The number of carbonyl (C=O) groups excluding carboxylic acids is 2. The first-order chi connectivity index (χ1) is 22.3. The van der Waals surface area contributed by atoms with E-state index in [4.69, 9.17) is 14.5 Å². The Morgan fingerprint density at radius 3 is 2.48 bits per heavy atom. The second-order valence-electron chi connectivity index (χ2n) is 11.5. The van der Waals surface area contributed by atoms with E-state index in [1.807, 2.05) is 84.9 Å². The van der Waals surface area contributed by atoms with Crippen LogP contribution in [0.1, 0.15) is 18.4 Å². The molecule has 0 bridgehead atoms. The Kier molecular flexibility index (Phi) is 8.58. The lowest BCUT2D eigenvalue weighted by molar-refractivity contribution is -0.144.